The van der Waals surface area contributed by atoms with Crippen LogP contribution in [0.4, 0.5) is 0 Å². The van der Waals surface area contributed by atoms with Crippen LogP contribution in [0, 0.1) is 0 Å². The van der Waals surface area contributed by atoms with E-state index in [-0.39, 0.29) is 5.91 Å². The maximum Gasteiger partial charge on any atom is 0.228 e. The summed E-state index contributed by atoms with van der Waals surface area (Å²) in [5.74, 6) is 0.111. The second kappa shape index (κ2) is 7.87. The summed E-state index contributed by atoms with van der Waals surface area (Å²) in [6, 6.07) is 0.609. The summed E-state index contributed by atoms with van der Waals surface area (Å²) in [6.07, 6.45) is 2.92. The minimum Gasteiger partial charge on any atom is -0.348 e. The van der Waals surface area contributed by atoms with Gasteiger partial charge in [-0.2, -0.15) is 0 Å². The lowest BCUT2D eigenvalue weighted by Crippen LogP contribution is -2.45. The van der Waals surface area contributed by atoms with Crippen LogP contribution >= 0.6 is 11.3 Å². The molecule has 0 aromatic carbocycles. The van der Waals surface area contributed by atoms with Crippen molar-refractivity contribution in [2.45, 2.75) is 38.8 Å². The Kier molecular flexibility index (Phi) is 6.14. The predicted octanol–water partition coefficient (Wildman–Crippen LogP) is 1.35. The van der Waals surface area contributed by atoms with Crippen molar-refractivity contribution in [3.05, 3.63) is 16.1 Å². The summed E-state index contributed by atoms with van der Waals surface area (Å²) in [6.45, 7) is 6.34. The molecule has 1 aromatic rings. The Balaban J connectivity index is 1.92. The molecular weight excluding hydrogens is 284 g/mol. The number of carbonyl (C=O) groups excluding carboxylic acids is 1. The lowest BCUT2D eigenvalue weighted by atomic mass is 10.1. The summed E-state index contributed by atoms with van der Waals surface area (Å²) in [7, 11) is 3.57. The molecule has 0 aliphatic carbocycles. The second-order valence-corrected chi connectivity index (χ2v) is 6.70. The topological polar surface area (TPSA) is 48.5 Å². The zero-order chi connectivity index (χ0) is 15.2. The highest BCUT2D eigenvalue weighted by Gasteiger charge is 2.20. The Morgan fingerprint density at radius 1 is 1.52 bits per heavy atom. The number of nitrogens with zero attached hydrogens (tertiary/aromatic N) is 3. The van der Waals surface area contributed by atoms with Crippen molar-refractivity contribution in [2.24, 2.45) is 0 Å². The Morgan fingerprint density at radius 3 is 2.95 bits per heavy atom. The normalized spacial score (nSPS) is 19.0. The summed E-state index contributed by atoms with van der Waals surface area (Å²) in [5, 5.41) is 6.48. The van der Waals surface area contributed by atoms with Crippen LogP contribution in [-0.4, -0.2) is 60.5 Å². The Morgan fingerprint density at radius 2 is 2.33 bits per heavy atom. The molecule has 1 atom stereocenters. The van der Waals surface area contributed by atoms with Gasteiger partial charge in [0.15, 0.2) is 0 Å². The van der Waals surface area contributed by atoms with E-state index in [9.17, 15) is 4.79 Å². The van der Waals surface area contributed by atoms with Crippen LogP contribution in [0.15, 0.2) is 5.38 Å². The third-order valence-corrected chi connectivity index (χ3v) is 4.86. The molecule has 118 valence electrons. The fourth-order valence-corrected chi connectivity index (χ4v) is 3.42. The van der Waals surface area contributed by atoms with E-state index >= 15 is 0 Å². The third kappa shape index (κ3) is 4.76. The number of thiazole rings is 1. The molecule has 1 aliphatic heterocycles. The van der Waals surface area contributed by atoms with Gasteiger partial charge in [-0.25, -0.2) is 4.98 Å². The van der Waals surface area contributed by atoms with Gasteiger partial charge in [0.2, 0.25) is 5.91 Å². The smallest absolute Gasteiger partial charge is 0.228 e. The Hall–Kier alpha value is -0.980. The molecule has 5 nitrogen and oxygen atoms in total. The van der Waals surface area contributed by atoms with Crippen molar-refractivity contribution in [3.8, 4) is 0 Å². The van der Waals surface area contributed by atoms with Crippen molar-refractivity contribution in [1.82, 2.24) is 20.1 Å². The highest BCUT2D eigenvalue weighted by molar-refractivity contribution is 7.09. The van der Waals surface area contributed by atoms with Crippen molar-refractivity contribution in [1.29, 1.82) is 0 Å². The molecule has 1 aromatic heterocycles. The molecule has 0 radical (unpaired) electrons. The minimum atomic E-state index is 0.111. The summed E-state index contributed by atoms with van der Waals surface area (Å²) in [5.41, 5.74) is 1.09. The number of aromatic nitrogens is 1. The van der Waals surface area contributed by atoms with Gasteiger partial charge in [-0.3, -0.25) is 9.69 Å². The average molecular weight is 310 g/mol. The van der Waals surface area contributed by atoms with E-state index in [0.717, 1.165) is 36.9 Å². The minimum absolute atomic E-state index is 0.111. The molecule has 2 rings (SSSR count). The van der Waals surface area contributed by atoms with Gasteiger partial charge in [0, 0.05) is 38.6 Å². The van der Waals surface area contributed by atoms with Crippen LogP contribution in [-0.2, 0) is 17.8 Å². The number of hydrogen-bond acceptors (Lipinski definition) is 5. The van der Waals surface area contributed by atoms with Gasteiger partial charge in [-0.05, 0) is 25.9 Å². The second-order valence-electron chi connectivity index (χ2n) is 5.76. The van der Waals surface area contributed by atoms with Crippen LogP contribution in [0.1, 0.15) is 30.5 Å². The lowest BCUT2D eigenvalue weighted by Gasteiger charge is -2.33. The van der Waals surface area contributed by atoms with Gasteiger partial charge < -0.3 is 10.2 Å². The van der Waals surface area contributed by atoms with E-state index in [1.807, 2.05) is 0 Å². The van der Waals surface area contributed by atoms with Crippen molar-refractivity contribution in [2.75, 3.05) is 33.7 Å². The van der Waals surface area contributed by atoms with Crippen LogP contribution in [0.2, 0.25) is 0 Å². The van der Waals surface area contributed by atoms with Gasteiger partial charge >= 0.3 is 0 Å². The van der Waals surface area contributed by atoms with Crippen LogP contribution in [0.5, 0.6) is 0 Å². The van der Waals surface area contributed by atoms with Gasteiger partial charge in [-0.1, -0.05) is 6.92 Å². The molecule has 6 heteroatoms. The molecule has 1 aliphatic rings. The molecule has 0 bridgehead atoms. The van der Waals surface area contributed by atoms with E-state index in [1.165, 1.54) is 12.8 Å². The number of piperidine rings is 1. The maximum atomic E-state index is 11.7. The van der Waals surface area contributed by atoms with Crippen LogP contribution in [0.25, 0.3) is 0 Å². The molecule has 0 spiro atoms. The number of nitrogens with one attached hydrogen (secondary N) is 1. The predicted molar refractivity (Wildman–Crippen MR) is 86.5 cm³/mol. The number of hydrogen-bond donors (Lipinski definition) is 1. The van der Waals surface area contributed by atoms with E-state index in [1.54, 1.807) is 30.3 Å². The summed E-state index contributed by atoms with van der Waals surface area (Å²) >= 11 is 1.59. The van der Waals surface area contributed by atoms with Gasteiger partial charge in [0.25, 0.3) is 0 Å². The molecule has 1 saturated heterocycles. The number of likely N-dealkylation sites (N-methyl/N-ethyl adjacent to an activating group) is 2. The van der Waals surface area contributed by atoms with Crippen LogP contribution < -0.4 is 5.32 Å². The fraction of sp³-hybridized carbons (Fsp3) is 0.733. The zero-order valence-electron chi connectivity index (χ0n) is 13.3. The van der Waals surface area contributed by atoms with Crippen molar-refractivity contribution >= 4 is 17.2 Å². The first-order valence-electron chi connectivity index (χ1n) is 7.68. The average Bonchev–Trinajstić information content (AvgIpc) is 2.92. The molecule has 1 amide bonds. The first-order valence-corrected chi connectivity index (χ1v) is 8.56. The molecule has 1 N–H and O–H groups in total. The van der Waals surface area contributed by atoms with Crippen LogP contribution in [0.3, 0.4) is 0 Å². The standard InChI is InChI=1S/C15H26N4OS/c1-4-19(13-6-5-7-16-9-13)10-12-11-21-14(17-12)8-15(20)18(2)3/h11,13,16H,4-10H2,1-3H3. The van der Waals surface area contributed by atoms with E-state index in [4.69, 9.17) is 0 Å². The monoisotopic (exact) mass is 310 g/mol. The van der Waals surface area contributed by atoms with Gasteiger partial charge in [0.05, 0.1) is 12.1 Å². The largest absolute Gasteiger partial charge is 0.348 e. The third-order valence-electron chi connectivity index (χ3n) is 3.96. The van der Waals surface area contributed by atoms with E-state index in [2.05, 4.69) is 27.5 Å². The zero-order valence-corrected chi connectivity index (χ0v) is 14.1. The van der Waals surface area contributed by atoms with Gasteiger partial charge in [-0.15, -0.1) is 11.3 Å². The molecule has 1 fully saturated rings. The first kappa shape index (κ1) is 16.4. The number of rotatable bonds is 6. The van der Waals surface area contributed by atoms with Gasteiger partial charge in [0.1, 0.15) is 5.01 Å². The van der Waals surface area contributed by atoms with E-state index in [0.29, 0.717) is 12.5 Å². The highest BCUT2D eigenvalue weighted by Crippen LogP contribution is 2.17. The number of amides is 1. The summed E-state index contributed by atoms with van der Waals surface area (Å²) < 4.78 is 0. The molecule has 0 saturated carbocycles. The first-order chi connectivity index (χ1) is 10.1. The molecule has 1 unspecified atom stereocenters. The SMILES string of the molecule is CCN(Cc1csc(CC(=O)N(C)C)n1)C1CCCNC1. The van der Waals surface area contributed by atoms with E-state index < -0.39 is 0 Å². The summed E-state index contributed by atoms with van der Waals surface area (Å²) in [4.78, 5) is 20.4. The molecular formula is C15H26N4OS. The lowest BCUT2D eigenvalue weighted by molar-refractivity contribution is -0.127. The van der Waals surface area contributed by atoms with Crippen molar-refractivity contribution in [3.63, 3.8) is 0 Å². The Bertz CT molecular complexity index is 454. The fourth-order valence-electron chi connectivity index (χ4n) is 2.64. The number of carbonyl (C=O) groups is 1. The molecule has 21 heavy (non-hydrogen) atoms. The highest BCUT2D eigenvalue weighted by atomic mass is 32.1. The Labute approximate surface area is 131 Å². The maximum absolute atomic E-state index is 11.7. The quantitative estimate of drug-likeness (QED) is 0.861. The van der Waals surface area contributed by atoms with Crippen molar-refractivity contribution < 1.29 is 4.79 Å². The molecule has 2 heterocycles.